The molecule has 0 saturated carbocycles. The Morgan fingerprint density at radius 1 is 0.848 bits per heavy atom. The number of fused-ring (bicyclic) bond motifs is 1. The van der Waals surface area contributed by atoms with E-state index in [0.29, 0.717) is 18.1 Å². The summed E-state index contributed by atoms with van der Waals surface area (Å²) < 4.78 is 13.1. The van der Waals surface area contributed by atoms with Gasteiger partial charge in [0, 0.05) is 16.6 Å². The third kappa shape index (κ3) is 5.36. The second kappa shape index (κ2) is 10.3. The quantitative estimate of drug-likeness (QED) is 0.307. The molecule has 1 saturated heterocycles. The van der Waals surface area contributed by atoms with Crippen LogP contribution >= 0.6 is 23.7 Å². The molecule has 4 aromatic rings. The van der Waals surface area contributed by atoms with Crippen LogP contribution in [0.25, 0.3) is 20.5 Å². The highest BCUT2D eigenvalue weighted by Gasteiger charge is 2.17. The zero-order valence-corrected chi connectivity index (χ0v) is 19.7. The minimum Gasteiger partial charge on any atom is -0.508 e. The molecule has 5 rings (SSSR count). The van der Waals surface area contributed by atoms with Crippen LogP contribution in [0, 0.1) is 0 Å². The first-order valence-corrected chi connectivity index (χ1v) is 11.7. The number of nitrogens with zero attached hydrogens (tertiary/aromatic N) is 1. The average molecular weight is 484 g/mol. The summed E-state index contributed by atoms with van der Waals surface area (Å²) in [5.41, 5.74) is 0.863. The molecule has 1 aliphatic rings. The van der Waals surface area contributed by atoms with Crippen LogP contribution < -0.4 is 9.47 Å². The summed E-state index contributed by atoms with van der Waals surface area (Å²) in [4.78, 5) is 3.33. The Bertz CT molecular complexity index is 1220. The minimum absolute atomic E-state index is 0. The molecule has 33 heavy (non-hydrogen) atoms. The van der Waals surface area contributed by atoms with Gasteiger partial charge in [-0.1, -0.05) is 12.1 Å². The number of hydrogen-bond acceptors (Lipinski definition) is 6. The molecule has 0 radical (unpaired) electrons. The largest absolute Gasteiger partial charge is 0.508 e. The van der Waals surface area contributed by atoms with Crippen molar-refractivity contribution in [1.29, 1.82) is 0 Å². The maximum absolute atomic E-state index is 9.95. The average Bonchev–Trinajstić information content (AvgIpc) is 3.43. The molecule has 2 N–H and O–H groups in total. The Balaban J connectivity index is 0.00000259. The number of ether oxygens (including phenoxy) is 2. The lowest BCUT2D eigenvalue weighted by Crippen LogP contribution is -2.25. The van der Waals surface area contributed by atoms with E-state index in [4.69, 9.17) is 9.47 Å². The molecule has 3 aromatic carbocycles. The van der Waals surface area contributed by atoms with Gasteiger partial charge in [0.25, 0.3) is 0 Å². The fourth-order valence-corrected chi connectivity index (χ4v) is 5.18. The Morgan fingerprint density at radius 2 is 1.58 bits per heavy atom. The van der Waals surface area contributed by atoms with Crippen LogP contribution in [0.1, 0.15) is 12.8 Å². The van der Waals surface area contributed by atoms with E-state index >= 15 is 0 Å². The van der Waals surface area contributed by atoms with E-state index in [2.05, 4.69) is 4.90 Å². The molecule has 7 heteroatoms. The van der Waals surface area contributed by atoms with Crippen molar-refractivity contribution in [3.63, 3.8) is 0 Å². The van der Waals surface area contributed by atoms with E-state index in [9.17, 15) is 10.2 Å². The lowest BCUT2D eigenvalue weighted by Gasteiger charge is -2.15. The van der Waals surface area contributed by atoms with E-state index in [1.165, 1.54) is 37.3 Å². The summed E-state index contributed by atoms with van der Waals surface area (Å²) >= 11 is 1.52. The van der Waals surface area contributed by atoms with Crippen LogP contribution in [0.3, 0.4) is 0 Å². The van der Waals surface area contributed by atoms with Crippen LogP contribution in [0.4, 0.5) is 0 Å². The lowest BCUT2D eigenvalue weighted by molar-refractivity contribution is 0.237. The Kier molecular flexibility index (Phi) is 7.28. The molecule has 0 spiro atoms. The van der Waals surface area contributed by atoms with Crippen molar-refractivity contribution in [3.05, 3.63) is 66.7 Å². The van der Waals surface area contributed by atoms with E-state index in [-0.39, 0.29) is 23.9 Å². The van der Waals surface area contributed by atoms with E-state index in [1.54, 1.807) is 24.3 Å². The Morgan fingerprint density at radius 3 is 2.33 bits per heavy atom. The second-order valence-corrected chi connectivity index (χ2v) is 9.01. The monoisotopic (exact) mass is 483 g/mol. The van der Waals surface area contributed by atoms with Crippen molar-refractivity contribution in [3.8, 4) is 39.2 Å². The summed E-state index contributed by atoms with van der Waals surface area (Å²) in [6.45, 7) is 3.98. The zero-order valence-electron chi connectivity index (χ0n) is 18.1. The molecule has 1 aromatic heterocycles. The van der Waals surface area contributed by atoms with Crippen LogP contribution in [-0.2, 0) is 0 Å². The molecule has 172 valence electrons. The van der Waals surface area contributed by atoms with Gasteiger partial charge in [-0.25, -0.2) is 0 Å². The van der Waals surface area contributed by atoms with E-state index in [0.717, 1.165) is 32.8 Å². The van der Waals surface area contributed by atoms with Gasteiger partial charge in [0.15, 0.2) is 5.75 Å². The standard InChI is InChI=1S/C26H25NO4S.ClH/c28-19-5-3-4-18(16-19)26-25(23-11-6-20(29)17-24(23)32-26)31-22-9-7-21(8-10-22)30-15-14-27-12-1-2-13-27;/h3-11,16-17,28-29H,1-2,12-15H2;1H. The molecule has 1 aliphatic heterocycles. The van der Waals surface area contributed by atoms with Crippen molar-refractivity contribution in [1.82, 2.24) is 4.90 Å². The molecule has 0 unspecified atom stereocenters. The van der Waals surface area contributed by atoms with E-state index in [1.807, 2.05) is 42.5 Å². The normalized spacial score (nSPS) is 13.7. The Hall–Kier alpha value is -2.93. The fraction of sp³-hybridized carbons (Fsp3) is 0.231. The zero-order chi connectivity index (χ0) is 21.9. The van der Waals surface area contributed by atoms with Gasteiger partial charge in [-0.15, -0.1) is 23.7 Å². The van der Waals surface area contributed by atoms with Gasteiger partial charge >= 0.3 is 0 Å². The number of thiophene rings is 1. The molecule has 5 nitrogen and oxygen atoms in total. The van der Waals surface area contributed by atoms with Crippen molar-refractivity contribution in [2.24, 2.45) is 0 Å². The summed E-state index contributed by atoms with van der Waals surface area (Å²) in [6, 6.07) is 20.0. The van der Waals surface area contributed by atoms with Gasteiger partial charge in [0.1, 0.15) is 29.6 Å². The summed E-state index contributed by atoms with van der Waals surface area (Å²) in [7, 11) is 0. The number of hydrogen-bond donors (Lipinski definition) is 2. The number of phenols is 2. The van der Waals surface area contributed by atoms with Crippen molar-refractivity contribution >= 4 is 33.8 Å². The lowest BCUT2D eigenvalue weighted by atomic mass is 10.1. The first kappa shape index (κ1) is 23.2. The maximum Gasteiger partial charge on any atom is 0.153 e. The number of benzene rings is 3. The third-order valence-corrected chi connectivity index (χ3v) is 6.84. The summed E-state index contributed by atoms with van der Waals surface area (Å²) in [6.07, 6.45) is 2.57. The van der Waals surface area contributed by atoms with Crippen LogP contribution in [-0.4, -0.2) is 41.4 Å². The molecule has 0 bridgehead atoms. The molecule has 0 aliphatic carbocycles. The van der Waals surface area contributed by atoms with Crippen LogP contribution in [0.5, 0.6) is 28.7 Å². The summed E-state index contributed by atoms with van der Waals surface area (Å²) in [5.74, 6) is 2.64. The fourth-order valence-electron chi connectivity index (χ4n) is 4.02. The van der Waals surface area contributed by atoms with Gasteiger partial charge in [0.2, 0.25) is 0 Å². The highest BCUT2D eigenvalue weighted by Crippen LogP contribution is 2.47. The molecule has 2 heterocycles. The molecular formula is C26H26ClNO4S. The molecular weight excluding hydrogens is 458 g/mol. The van der Waals surface area contributed by atoms with Crippen molar-refractivity contribution in [2.75, 3.05) is 26.2 Å². The summed E-state index contributed by atoms with van der Waals surface area (Å²) in [5, 5.41) is 20.8. The number of rotatable bonds is 7. The predicted molar refractivity (Wildman–Crippen MR) is 136 cm³/mol. The van der Waals surface area contributed by atoms with Gasteiger partial charge < -0.3 is 19.7 Å². The van der Waals surface area contributed by atoms with Gasteiger partial charge in [-0.2, -0.15) is 0 Å². The first-order valence-electron chi connectivity index (χ1n) is 10.8. The van der Waals surface area contributed by atoms with Crippen molar-refractivity contribution in [2.45, 2.75) is 12.8 Å². The molecule has 0 atom stereocenters. The number of phenolic OH excluding ortho intramolecular Hbond substituents is 2. The maximum atomic E-state index is 9.95. The minimum atomic E-state index is 0. The molecule has 1 fully saturated rings. The number of aromatic hydroxyl groups is 2. The van der Waals surface area contributed by atoms with Crippen LogP contribution in [0.15, 0.2) is 66.7 Å². The number of likely N-dealkylation sites (tertiary alicyclic amines) is 1. The Labute approximate surface area is 203 Å². The highest BCUT2D eigenvalue weighted by molar-refractivity contribution is 7.22. The van der Waals surface area contributed by atoms with Crippen LogP contribution in [0.2, 0.25) is 0 Å². The van der Waals surface area contributed by atoms with E-state index < -0.39 is 0 Å². The van der Waals surface area contributed by atoms with Gasteiger partial charge in [0.05, 0.1) is 4.88 Å². The second-order valence-electron chi connectivity index (χ2n) is 7.96. The third-order valence-electron chi connectivity index (χ3n) is 5.65. The predicted octanol–water partition coefficient (Wildman–Crippen LogP) is 6.67. The SMILES string of the molecule is Cl.Oc1cccc(-c2sc3cc(O)ccc3c2Oc2ccc(OCCN3CCCC3)cc2)c1. The highest BCUT2D eigenvalue weighted by atomic mass is 35.5. The van der Waals surface area contributed by atoms with Gasteiger partial charge in [-0.05, 0) is 86.1 Å². The molecule has 0 amide bonds. The smallest absolute Gasteiger partial charge is 0.153 e. The number of halogens is 1. The topological polar surface area (TPSA) is 62.2 Å². The van der Waals surface area contributed by atoms with Gasteiger partial charge in [-0.3, -0.25) is 4.90 Å². The van der Waals surface area contributed by atoms with Crippen molar-refractivity contribution < 1.29 is 19.7 Å². The first-order chi connectivity index (χ1) is 15.7.